The number of methoxy groups -OCH3 is 1. The van der Waals surface area contributed by atoms with E-state index in [-0.39, 0.29) is 5.60 Å². The van der Waals surface area contributed by atoms with Crippen molar-refractivity contribution in [3.05, 3.63) is 16.1 Å². The van der Waals surface area contributed by atoms with Crippen molar-refractivity contribution in [3.63, 3.8) is 0 Å². The first-order valence-electron chi connectivity index (χ1n) is 4.82. The van der Waals surface area contributed by atoms with Gasteiger partial charge in [0, 0.05) is 19.1 Å². The Hall–Kier alpha value is -0.450. The van der Waals surface area contributed by atoms with Crippen molar-refractivity contribution >= 4 is 11.3 Å². The zero-order valence-electron chi connectivity index (χ0n) is 8.58. The third-order valence-electron chi connectivity index (χ3n) is 2.52. The summed E-state index contributed by atoms with van der Waals surface area (Å²) in [7, 11) is 1.69. The van der Waals surface area contributed by atoms with Crippen LogP contribution in [0.2, 0.25) is 0 Å². The molecule has 0 amide bonds. The second-order valence-electron chi connectivity index (χ2n) is 3.76. The van der Waals surface area contributed by atoms with Crippen LogP contribution in [0.4, 0.5) is 0 Å². The maximum atomic E-state index is 5.73. The molecule has 0 aliphatic carbocycles. The number of hydrogen-bond donors (Lipinski definition) is 0. The lowest BCUT2D eigenvalue weighted by atomic mass is 10.0. The summed E-state index contributed by atoms with van der Waals surface area (Å²) in [6, 6.07) is 0. The van der Waals surface area contributed by atoms with E-state index in [0.717, 1.165) is 30.2 Å². The second-order valence-corrected chi connectivity index (χ2v) is 4.62. The molecule has 3 nitrogen and oxygen atoms in total. The molecule has 0 saturated carbocycles. The van der Waals surface area contributed by atoms with E-state index >= 15 is 0 Å². The summed E-state index contributed by atoms with van der Waals surface area (Å²) >= 11 is 1.67. The topological polar surface area (TPSA) is 31.4 Å². The molecular formula is C10H15NO2S. The summed E-state index contributed by atoms with van der Waals surface area (Å²) in [6.07, 6.45) is 2.21. The number of thiazole rings is 1. The van der Waals surface area contributed by atoms with Gasteiger partial charge >= 0.3 is 0 Å². The fraction of sp³-hybridized carbons (Fsp3) is 0.700. The van der Waals surface area contributed by atoms with Gasteiger partial charge in [0.2, 0.25) is 0 Å². The van der Waals surface area contributed by atoms with Crippen LogP contribution in [0.3, 0.4) is 0 Å². The minimum absolute atomic E-state index is 0.142. The first-order chi connectivity index (χ1) is 6.74. The van der Waals surface area contributed by atoms with Crippen LogP contribution in [0.1, 0.15) is 30.5 Å². The highest BCUT2D eigenvalue weighted by molar-refractivity contribution is 7.09. The van der Waals surface area contributed by atoms with Gasteiger partial charge in [0.05, 0.1) is 12.3 Å². The van der Waals surface area contributed by atoms with Crippen LogP contribution in [-0.2, 0) is 21.7 Å². The molecule has 1 aromatic rings. The minimum atomic E-state index is -0.142. The quantitative estimate of drug-likeness (QED) is 0.772. The van der Waals surface area contributed by atoms with E-state index in [1.54, 1.807) is 18.4 Å². The molecule has 2 heterocycles. The van der Waals surface area contributed by atoms with Gasteiger partial charge in [-0.3, -0.25) is 0 Å². The summed E-state index contributed by atoms with van der Waals surface area (Å²) in [5.74, 6) is 0. The zero-order valence-corrected chi connectivity index (χ0v) is 9.39. The Morgan fingerprint density at radius 1 is 1.71 bits per heavy atom. The highest BCUT2D eigenvalue weighted by atomic mass is 32.1. The van der Waals surface area contributed by atoms with Crippen LogP contribution < -0.4 is 0 Å². The van der Waals surface area contributed by atoms with Gasteiger partial charge in [-0.15, -0.1) is 11.3 Å². The summed E-state index contributed by atoms with van der Waals surface area (Å²) in [6.45, 7) is 3.57. The predicted molar refractivity (Wildman–Crippen MR) is 55.4 cm³/mol. The summed E-state index contributed by atoms with van der Waals surface area (Å²) < 4.78 is 10.8. The maximum Gasteiger partial charge on any atom is 0.125 e. The summed E-state index contributed by atoms with van der Waals surface area (Å²) in [5.41, 5.74) is 0.862. The van der Waals surface area contributed by atoms with E-state index in [2.05, 4.69) is 11.9 Å². The monoisotopic (exact) mass is 213 g/mol. The van der Waals surface area contributed by atoms with Crippen molar-refractivity contribution in [1.29, 1.82) is 0 Å². The van der Waals surface area contributed by atoms with Crippen molar-refractivity contribution in [1.82, 2.24) is 4.98 Å². The van der Waals surface area contributed by atoms with Gasteiger partial charge in [0.1, 0.15) is 10.6 Å². The van der Waals surface area contributed by atoms with E-state index in [9.17, 15) is 0 Å². The van der Waals surface area contributed by atoms with Crippen LogP contribution >= 0.6 is 11.3 Å². The Bertz CT molecular complexity index is 305. The van der Waals surface area contributed by atoms with E-state index in [1.807, 2.05) is 5.38 Å². The Balaban J connectivity index is 2.15. The molecule has 4 heteroatoms. The molecule has 0 bridgehead atoms. The molecule has 0 N–H and O–H groups in total. The Kier molecular flexibility index (Phi) is 2.85. The molecule has 0 aromatic carbocycles. The molecule has 1 fully saturated rings. The largest absolute Gasteiger partial charge is 0.378 e. The van der Waals surface area contributed by atoms with Crippen LogP contribution in [0, 0.1) is 0 Å². The molecule has 0 spiro atoms. The van der Waals surface area contributed by atoms with Crippen LogP contribution in [-0.4, -0.2) is 18.7 Å². The molecule has 1 saturated heterocycles. The van der Waals surface area contributed by atoms with Crippen molar-refractivity contribution in [2.45, 2.75) is 32.0 Å². The summed E-state index contributed by atoms with van der Waals surface area (Å²) in [5, 5.41) is 3.13. The van der Waals surface area contributed by atoms with Gasteiger partial charge in [-0.2, -0.15) is 0 Å². The molecule has 0 radical (unpaired) electrons. The van der Waals surface area contributed by atoms with Crippen molar-refractivity contribution in [3.8, 4) is 0 Å². The number of ether oxygens (including phenoxy) is 2. The van der Waals surface area contributed by atoms with Gasteiger partial charge in [-0.05, 0) is 19.8 Å². The molecule has 1 unspecified atom stereocenters. The highest BCUT2D eigenvalue weighted by Gasteiger charge is 2.34. The van der Waals surface area contributed by atoms with Crippen molar-refractivity contribution in [2.24, 2.45) is 0 Å². The van der Waals surface area contributed by atoms with Gasteiger partial charge in [-0.1, -0.05) is 0 Å². The molecule has 1 atom stereocenters. The predicted octanol–water partition coefficient (Wildman–Crippen LogP) is 2.32. The lowest BCUT2D eigenvalue weighted by molar-refractivity contribution is 0.0163. The number of aromatic nitrogens is 1. The average Bonchev–Trinajstić information content (AvgIpc) is 2.75. The van der Waals surface area contributed by atoms with Gasteiger partial charge < -0.3 is 9.47 Å². The Labute approximate surface area is 88.1 Å². The molecule has 1 aliphatic rings. The normalized spacial score (nSPS) is 27.0. The lowest BCUT2D eigenvalue weighted by Crippen LogP contribution is -2.19. The number of hydrogen-bond acceptors (Lipinski definition) is 4. The molecule has 78 valence electrons. The number of nitrogens with zero attached hydrogens (tertiary/aromatic N) is 1. The fourth-order valence-corrected chi connectivity index (χ4v) is 2.66. The zero-order chi connectivity index (χ0) is 10.0. The van der Waals surface area contributed by atoms with Crippen LogP contribution in [0.5, 0.6) is 0 Å². The molecule has 1 aromatic heterocycles. The van der Waals surface area contributed by atoms with Crippen molar-refractivity contribution < 1.29 is 9.47 Å². The second kappa shape index (κ2) is 3.96. The molecule has 2 rings (SSSR count). The van der Waals surface area contributed by atoms with Gasteiger partial charge in [-0.25, -0.2) is 4.98 Å². The van der Waals surface area contributed by atoms with Crippen LogP contribution in [0.25, 0.3) is 0 Å². The molecule has 14 heavy (non-hydrogen) atoms. The average molecular weight is 213 g/mol. The fourth-order valence-electron chi connectivity index (χ4n) is 1.71. The smallest absolute Gasteiger partial charge is 0.125 e. The van der Waals surface area contributed by atoms with Crippen LogP contribution in [0.15, 0.2) is 5.38 Å². The van der Waals surface area contributed by atoms with Gasteiger partial charge in [0.25, 0.3) is 0 Å². The lowest BCUT2D eigenvalue weighted by Gasteiger charge is -2.19. The standard InChI is InChI=1S/C10H15NO2S/c1-10(4-3-5-13-10)9-11-8(6-12-2)7-14-9/h7H,3-6H2,1-2H3. The maximum absolute atomic E-state index is 5.73. The minimum Gasteiger partial charge on any atom is -0.378 e. The van der Waals surface area contributed by atoms with E-state index in [1.165, 1.54) is 0 Å². The Morgan fingerprint density at radius 3 is 3.21 bits per heavy atom. The van der Waals surface area contributed by atoms with E-state index in [0.29, 0.717) is 6.61 Å². The highest BCUT2D eigenvalue weighted by Crippen LogP contribution is 2.37. The Morgan fingerprint density at radius 2 is 2.57 bits per heavy atom. The third-order valence-corrected chi connectivity index (χ3v) is 3.65. The molecule has 1 aliphatic heterocycles. The summed E-state index contributed by atoms with van der Waals surface area (Å²) in [4.78, 5) is 4.52. The van der Waals surface area contributed by atoms with E-state index in [4.69, 9.17) is 9.47 Å². The van der Waals surface area contributed by atoms with E-state index < -0.39 is 0 Å². The molecular weight excluding hydrogens is 198 g/mol. The first-order valence-corrected chi connectivity index (χ1v) is 5.70. The van der Waals surface area contributed by atoms with Crippen molar-refractivity contribution in [2.75, 3.05) is 13.7 Å². The third kappa shape index (κ3) is 1.82. The number of rotatable bonds is 3. The first kappa shape index (κ1) is 10.1. The SMILES string of the molecule is COCc1csc(C2(C)CCCO2)n1. The van der Waals surface area contributed by atoms with Gasteiger partial charge in [0.15, 0.2) is 0 Å².